The first-order valence-corrected chi connectivity index (χ1v) is 11.6. The fourth-order valence-corrected chi connectivity index (χ4v) is 4.46. The Morgan fingerprint density at radius 3 is 2.59 bits per heavy atom. The Bertz CT molecular complexity index is 1230. The van der Waals surface area contributed by atoms with Gasteiger partial charge in [0, 0.05) is 31.6 Å². The molecule has 176 valence electrons. The number of aromatic nitrogens is 2. The highest BCUT2D eigenvalue weighted by atomic mass is 19.1. The third-order valence-electron chi connectivity index (χ3n) is 6.35. The molecule has 0 spiro atoms. The summed E-state index contributed by atoms with van der Waals surface area (Å²) in [5.41, 5.74) is 2.33. The highest BCUT2D eigenvalue weighted by Crippen LogP contribution is 2.33. The lowest BCUT2D eigenvalue weighted by Gasteiger charge is -2.32. The van der Waals surface area contributed by atoms with Crippen molar-refractivity contribution < 1.29 is 18.3 Å². The maximum atomic E-state index is 13.8. The van der Waals surface area contributed by atoms with E-state index in [0.29, 0.717) is 41.7 Å². The molecule has 0 aliphatic carbocycles. The van der Waals surface area contributed by atoms with Gasteiger partial charge in [0.1, 0.15) is 17.4 Å². The van der Waals surface area contributed by atoms with Gasteiger partial charge in [0.05, 0.1) is 17.8 Å². The number of benzene rings is 2. The molecule has 2 aliphatic rings. The van der Waals surface area contributed by atoms with Crippen molar-refractivity contribution in [2.45, 2.75) is 39.2 Å². The van der Waals surface area contributed by atoms with Crippen molar-refractivity contribution in [1.29, 1.82) is 0 Å². The van der Waals surface area contributed by atoms with Gasteiger partial charge in [-0.15, -0.1) is 0 Å². The van der Waals surface area contributed by atoms with Crippen molar-refractivity contribution in [3.05, 3.63) is 76.5 Å². The Labute approximate surface area is 197 Å². The normalized spacial score (nSPS) is 15.7. The van der Waals surface area contributed by atoms with Crippen LogP contribution in [0.2, 0.25) is 0 Å². The average molecular weight is 465 g/mol. The zero-order valence-corrected chi connectivity index (χ0v) is 19.1. The van der Waals surface area contributed by atoms with Crippen molar-refractivity contribution in [3.63, 3.8) is 0 Å². The molecule has 34 heavy (non-hydrogen) atoms. The SMILES string of the molecule is Cc1cc(Oc2nc(N3CCCCC3)nc3c2CN(C(=O)c2cccc(F)c2)CC3)ccc1F. The summed E-state index contributed by atoms with van der Waals surface area (Å²) in [5, 5.41) is 0. The molecular formula is C26H26F2N4O2. The van der Waals surface area contributed by atoms with Crippen LogP contribution in [0, 0.1) is 18.6 Å². The first-order valence-electron chi connectivity index (χ1n) is 11.6. The molecule has 3 heterocycles. The Morgan fingerprint density at radius 2 is 1.82 bits per heavy atom. The van der Waals surface area contributed by atoms with E-state index in [1.165, 1.54) is 30.7 Å². The van der Waals surface area contributed by atoms with E-state index in [1.54, 1.807) is 30.0 Å². The van der Waals surface area contributed by atoms with Crippen LogP contribution in [0.3, 0.4) is 0 Å². The minimum Gasteiger partial charge on any atom is -0.438 e. The second-order valence-corrected chi connectivity index (χ2v) is 8.80. The van der Waals surface area contributed by atoms with Crippen molar-refractivity contribution in [2.75, 3.05) is 24.5 Å². The largest absolute Gasteiger partial charge is 0.438 e. The summed E-state index contributed by atoms with van der Waals surface area (Å²) in [5.74, 6) is 0.448. The van der Waals surface area contributed by atoms with E-state index in [0.717, 1.165) is 37.2 Å². The van der Waals surface area contributed by atoms with E-state index in [4.69, 9.17) is 14.7 Å². The molecular weight excluding hydrogens is 438 g/mol. The van der Waals surface area contributed by atoms with Crippen LogP contribution in [-0.4, -0.2) is 40.4 Å². The molecule has 0 unspecified atom stereocenters. The van der Waals surface area contributed by atoms with Crippen molar-refractivity contribution in [1.82, 2.24) is 14.9 Å². The molecule has 5 rings (SSSR count). The standard InChI is InChI=1S/C26H26F2N4O2/c1-17-14-20(8-9-22(17)28)34-24-21-16-32(25(33)18-6-5-7-19(27)15-18)13-10-23(21)29-26(30-24)31-11-3-2-4-12-31/h5-9,14-15H,2-4,10-13,16H2,1H3. The fraction of sp³-hybridized carbons (Fsp3) is 0.346. The number of anilines is 1. The molecule has 2 aliphatic heterocycles. The fourth-order valence-electron chi connectivity index (χ4n) is 4.46. The number of rotatable bonds is 4. The minimum atomic E-state index is -0.450. The number of ether oxygens (including phenoxy) is 1. The zero-order chi connectivity index (χ0) is 23.7. The van der Waals surface area contributed by atoms with E-state index in [1.807, 2.05) is 0 Å². The van der Waals surface area contributed by atoms with Gasteiger partial charge in [-0.1, -0.05) is 6.07 Å². The molecule has 0 N–H and O–H groups in total. The van der Waals surface area contributed by atoms with Crippen molar-refractivity contribution in [3.8, 4) is 11.6 Å². The van der Waals surface area contributed by atoms with E-state index in [2.05, 4.69) is 4.90 Å². The number of halogens is 2. The van der Waals surface area contributed by atoms with Gasteiger partial charge in [-0.2, -0.15) is 4.98 Å². The lowest BCUT2D eigenvalue weighted by molar-refractivity contribution is 0.0731. The summed E-state index contributed by atoms with van der Waals surface area (Å²) in [7, 11) is 0. The van der Waals surface area contributed by atoms with Gasteiger partial charge in [-0.05, 0) is 68.1 Å². The molecule has 0 atom stereocenters. The molecule has 0 radical (unpaired) electrons. The molecule has 1 amide bonds. The summed E-state index contributed by atoms with van der Waals surface area (Å²) in [4.78, 5) is 26.4. The molecule has 1 fully saturated rings. The lowest BCUT2D eigenvalue weighted by atomic mass is 10.0. The van der Waals surface area contributed by atoms with Crippen LogP contribution >= 0.6 is 0 Å². The molecule has 0 bridgehead atoms. The summed E-state index contributed by atoms with van der Waals surface area (Å²) in [6, 6.07) is 10.2. The van der Waals surface area contributed by atoms with Crippen LogP contribution in [0.1, 0.15) is 46.4 Å². The first-order chi connectivity index (χ1) is 16.5. The molecule has 2 aromatic carbocycles. The van der Waals surface area contributed by atoms with Crippen LogP contribution in [0.5, 0.6) is 11.6 Å². The van der Waals surface area contributed by atoms with Gasteiger partial charge in [0.2, 0.25) is 11.8 Å². The van der Waals surface area contributed by atoms with E-state index < -0.39 is 5.82 Å². The molecule has 8 heteroatoms. The van der Waals surface area contributed by atoms with Crippen LogP contribution in [-0.2, 0) is 13.0 Å². The predicted molar refractivity (Wildman–Crippen MR) is 124 cm³/mol. The second-order valence-electron chi connectivity index (χ2n) is 8.80. The van der Waals surface area contributed by atoms with Gasteiger partial charge in [-0.3, -0.25) is 4.79 Å². The van der Waals surface area contributed by atoms with Gasteiger partial charge >= 0.3 is 0 Å². The number of aryl methyl sites for hydroxylation is 1. The van der Waals surface area contributed by atoms with E-state index >= 15 is 0 Å². The van der Waals surface area contributed by atoms with Crippen LogP contribution < -0.4 is 9.64 Å². The number of piperidine rings is 1. The molecule has 6 nitrogen and oxygen atoms in total. The van der Waals surface area contributed by atoms with Gasteiger partial charge in [0.15, 0.2) is 0 Å². The maximum absolute atomic E-state index is 13.8. The summed E-state index contributed by atoms with van der Waals surface area (Å²) in [6.45, 7) is 4.17. The molecule has 1 aromatic heterocycles. The third-order valence-corrected chi connectivity index (χ3v) is 6.35. The number of fused-ring (bicyclic) bond motifs is 1. The minimum absolute atomic E-state index is 0.250. The Hall–Kier alpha value is -3.55. The molecule has 3 aromatic rings. The summed E-state index contributed by atoms with van der Waals surface area (Å²) in [6.07, 6.45) is 3.91. The van der Waals surface area contributed by atoms with E-state index in [9.17, 15) is 13.6 Å². The number of nitrogens with zero attached hydrogens (tertiary/aromatic N) is 4. The Kier molecular flexibility index (Phi) is 6.13. The Morgan fingerprint density at radius 1 is 1.00 bits per heavy atom. The zero-order valence-electron chi connectivity index (χ0n) is 19.1. The quantitative estimate of drug-likeness (QED) is 0.541. The third kappa shape index (κ3) is 4.58. The van der Waals surface area contributed by atoms with Gasteiger partial charge in [-0.25, -0.2) is 13.8 Å². The lowest BCUT2D eigenvalue weighted by Crippen LogP contribution is -2.37. The van der Waals surface area contributed by atoms with Crippen molar-refractivity contribution >= 4 is 11.9 Å². The van der Waals surface area contributed by atoms with E-state index in [-0.39, 0.29) is 18.3 Å². The first kappa shape index (κ1) is 22.3. The van der Waals surface area contributed by atoms with Gasteiger partial charge in [0.25, 0.3) is 5.91 Å². The van der Waals surface area contributed by atoms with Crippen molar-refractivity contribution in [2.24, 2.45) is 0 Å². The second kappa shape index (κ2) is 9.37. The predicted octanol–water partition coefficient (Wildman–Crippen LogP) is 5.04. The highest BCUT2D eigenvalue weighted by molar-refractivity contribution is 5.94. The maximum Gasteiger partial charge on any atom is 0.254 e. The topological polar surface area (TPSA) is 58.6 Å². The van der Waals surface area contributed by atoms with Crippen LogP contribution in [0.4, 0.5) is 14.7 Å². The van der Waals surface area contributed by atoms with Gasteiger partial charge < -0.3 is 14.5 Å². The molecule has 0 saturated carbocycles. The number of hydrogen-bond donors (Lipinski definition) is 0. The van der Waals surface area contributed by atoms with Crippen LogP contribution in [0.15, 0.2) is 42.5 Å². The molecule has 1 saturated heterocycles. The number of amides is 1. The smallest absolute Gasteiger partial charge is 0.254 e. The average Bonchev–Trinajstić information content (AvgIpc) is 2.86. The van der Waals surface area contributed by atoms with Crippen LogP contribution in [0.25, 0.3) is 0 Å². The summed E-state index contributed by atoms with van der Waals surface area (Å²) < 4.78 is 33.6. The number of hydrogen-bond acceptors (Lipinski definition) is 5. The highest BCUT2D eigenvalue weighted by Gasteiger charge is 2.29. The monoisotopic (exact) mass is 464 g/mol. The number of carbonyl (C=O) groups excluding carboxylic acids is 1. The summed E-state index contributed by atoms with van der Waals surface area (Å²) >= 11 is 0. The Balaban J connectivity index is 1.49. The number of carbonyl (C=O) groups is 1.